The summed E-state index contributed by atoms with van der Waals surface area (Å²) >= 11 is 1.58. The third kappa shape index (κ3) is 2.89. The highest BCUT2D eigenvalue weighted by Crippen LogP contribution is 2.39. The molecule has 0 atom stereocenters. The van der Waals surface area contributed by atoms with Crippen LogP contribution in [0.4, 0.5) is 11.6 Å². The molecular weight excluding hydrogens is 320 g/mol. The summed E-state index contributed by atoms with van der Waals surface area (Å²) in [5, 5.41) is 10.6. The number of anilines is 2. The van der Waals surface area contributed by atoms with E-state index in [1.54, 1.807) is 17.5 Å². The molecule has 1 saturated carbocycles. The SMILES string of the molecule is C#Cc1cnc(-c2ccc(CN)s2)nc1Nc1cc(C2CC2)[nH]n1.[HH]. The van der Waals surface area contributed by atoms with Gasteiger partial charge in [0.2, 0.25) is 0 Å². The zero-order valence-electron chi connectivity index (χ0n) is 12.9. The Morgan fingerprint density at radius 3 is 3.04 bits per heavy atom. The molecule has 0 amide bonds. The van der Waals surface area contributed by atoms with Gasteiger partial charge in [-0.3, -0.25) is 5.10 Å². The molecule has 1 aliphatic rings. The number of nitrogens with zero attached hydrogens (tertiary/aromatic N) is 3. The molecule has 0 radical (unpaired) electrons. The summed E-state index contributed by atoms with van der Waals surface area (Å²) in [6.07, 6.45) is 9.66. The Kier molecular flexibility index (Phi) is 3.76. The summed E-state index contributed by atoms with van der Waals surface area (Å²) in [6, 6.07) is 5.97. The lowest BCUT2D eigenvalue weighted by molar-refractivity contribution is 0.966. The quantitative estimate of drug-likeness (QED) is 0.621. The molecule has 24 heavy (non-hydrogen) atoms. The second-order valence-electron chi connectivity index (χ2n) is 5.68. The van der Waals surface area contributed by atoms with Crippen LogP contribution < -0.4 is 11.1 Å². The van der Waals surface area contributed by atoms with Crippen LogP contribution in [0.25, 0.3) is 10.7 Å². The molecule has 1 fully saturated rings. The fourth-order valence-electron chi connectivity index (χ4n) is 2.43. The predicted molar refractivity (Wildman–Crippen MR) is 97.1 cm³/mol. The van der Waals surface area contributed by atoms with Crippen molar-refractivity contribution in [1.29, 1.82) is 0 Å². The Balaban J connectivity index is 0.00000182. The molecule has 0 saturated heterocycles. The van der Waals surface area contributed by atoms with Crippen molar-refractivity contribution < 1.29 is 1.43 Å². The van der Waals surface area contributed by atoms with E-state index in [9.17, 15) is 0 Å². The second kappa shape index (κ2) is 6.07. The maximum absolute atomic E-state index is 5.67. The van der Waals surface area contributed by atoms with E-state index >= 15 is 0 Å². The topological polar surface area (TPSA) is 92.5 Å². The van der Waals surface area contributed by atoms with Crippen molar-refractivity contribution in [3.05, 3.63) is 40.5 Å². The highest BCUT2D eigenvalue weighted by Gasteiger charge is 2.25. The van der Waals surface area contributed by atoms with Crippen molar-refractivity contribution in [2.45, 2.75) is 25.3 Å². The van der Waals surface area contributed by atoms with Crippen molar-refractivity contribution in [3.8, 4) is 23.0 Å². The van der Waals surface area contributed by atoms with E-state index in [0.717, 1.165) is 15.4 Å². The number of aromatic nitrogens is 4. The Morgan fingerprint density at radius 1 is 1.46 bits per heavy atom. The number of nitrogens with two attached hydrogens (primary N) is 1. The minimum absolute atomic E-state index is 0. The van der Waals surface area contributed by atoms with Gasteiger partial charge in [-0.2, -0.15) is 5.10 Å². The van der Waals surface area contributed by atoms with E-state index in [2.05, 4.69) is 31.4 Å². The van der Waals surface area contributed by atoms with Crippen LogP contribution in [0.5, 0.6) is 0 Å². The fourth-order valence-corrected chi connectivity index (χ4v) is 3.26. The molecule has 1 aliphatic carbocycles. The lowest BCUT2D eigenvalue weighted by Gasteiger charge is -2.06. The highest BCUT2D eigenvalue weighted by molar-refractivity contribution is 7.15. The molecule has 0 spiro atoms. The van der Waals surface area contributed by atoms with Crippen LogP contribution in [0.3, 0.4) is 0 Å². The van der Waals surface area contributed by atoms with E-state index in [1.807, 2.05) is 18.2 Å². The van der Waals surface area contributed by atoms with Crippen molar-refractivity contribution in [3.63, 3.8) is 0 Å². The van der Waals surface area contributed by atoms with Crippen molar-refractivity contribution in [2.75, 3.05) is 5.32 Å². The molecule has 0 aliphatic heterocycles. The van der Waals surface area contributed by atoms with Crippen molar-refractivity contribution >= 4 is 23.0 Å². The number of terminal acetylenes is 1. The van der Waals surface area contributed by atoms with E-state index in [-0.39, 0.29) is 1.43 Å². The summed E-state index contributed by atoms with van der Waals surface area (Å²) in [7, 11) is 0. The van der Waals surface area contributed by atoms with Crippen LogP contribution in [0.2, 0.25) is 0 Å². The van der Waals surface area contributed by atoms with Gasteiger partial charge in [-0.05, 0) is 25.0 Å². The first-order chi connectivity index (χ1) is 11.8. The number of hydrogen-bond acceptors (Lipinski definition) is 6. The van der Waals surface area contributed by atoms with Gasteiger partial charge >= 0.3 is 0 Å². The number of aromatic amines is 1. The van der Waals surface area contributed by atoms with E-state index in [4.69, 9.17) is 12.2 Å². The van der Waals surface area contributed by atoms with Gasteiger partial charge in [0.1, 0.15) is 0 Å². The summed E-state index contributed by atoms with van der Waals surface area (Å²) in [6.45, 7) is 0.509. The minimum Gasteiger partial charge on any atom is -0.326 e. The molecule has 3 aromatic rings. The number of nitrogens with one attached hydrogen (secondary N) is 2. The average Bonchev–Trinajstić information content (AvgIpc) is 3.17. The van der Waals surface area contributed by atoms with Gasteiger partial charge < -0.3 is 11.1 Å². The summed E-state index contributed by atoms with van der Waals surface area (Å²) in [4.78, 5) is 11.0. The fraction of sp³-hybridized carbons (Fsp3) is 0.235. The Labute approximate surface area is 145 Å². The van der Waals surface area contributed by atoms with Gasteiger partial charge in [0.25, 0.3) is 0 Å². The molecule has 0 unspecified atom stereocenters. The van der Waals surface area contributed by atoms with Gasteiger partial charge in [-0.1, -0.05) is 5.92 Å². The summed E-state index contributed by atoms with van der Waals surface area (Å²) in [5.74, 6) is 5.14. The molecule has 4 N–H and O–H groups in total. The second-order valence-corrected chi connectivity index (χ2v) is 6.85. The Hall–Kier alpha value is -2.69. The van der Waals surface area contributed by atoms with Gasteiger partial charge in [0.05, 0.1) is 10.4 Å². The van der Waals surface area contributed by atoms with Crippen molar-refractivity contribution in [1.82, 2.24) is 20.2 Å². The molecule has 3 heterocycles. The normalized spacial score (nSPS) is 13.7. The van der Waals surface area contributed by atoms with Gasteiger partial charge in [0.15, 0.2) is 17.5 Å². The average molecular weight is 338 g/mol. The third-order valence-electron chi connectivity index (χ3n) is 3.89. The van der Waals surface area contributed by atoms with Gasteiger partial charge in [0, 0.05) is 36.7 Å². The largest absolute Gasteiger partial charge is 0.326 e. The van der Waals surface area contributed by atoms with Crippen LogP contribution in [-0.2, 0) is 6.54 Å². The van der Waals surface area contributed by atoms with Crippen LogP contribution in [0.1, 0.15) is 36.3 Å². The zero-order valence-corrected chi connectivity index (χ0v) is 13.7. The molecule has 4 rings (SSSR count). The molecule has 7 heteroatoms. The predicted octanol–water partition coefficient (Wildman–Crippen LogP) is 3.24. The zero-order chi connectivity index (χ0) is 16.5. The standard InChI is InChI=1S/C17H16N6S.H2/c1-2-10-9-19-17(14-6-5-12(8-18)24-14)21-16(10)20-15-7-13(22-23-15)11-3-4-11;/h1,5-7,9,11H,3-4,8,18H2,(H2,19,20,21,22,23);1H. The first kappa shape index (κ1) is 14.9. The first-order valence-electron chi connectivity index (χ1n) is 7.72. The molecular formula is C17H18N6S. The minimum atomic E-state index is 0. The highest BCUT2D eigenvalue weighted by atomic mass is 32.1. The van der Waals surface area contributed by atoms with Gasteiger partial charge in [-0.15, -0.1) is 17.8 Å². The third-order valence-corrected chi connectivity index (χ3v) is 4.99. The molecule has 0 bridgehead atoms. The van der Waals surface area contributed by atoms with Crippen LogP contribution in [0, 0.1) is 12.3 Å². The number of thiophene rings is 1. The van der Waals surface area contributed by atoms with E-state index < -0.39 is 0 Å². The number of rotatable bonds is 5. The maximum Gasteiger partial charge on any atom is 0.171 e. The first-order valence-corrected chi connectivity index (χ1v) is 8.53. The summed E-state index contributed by atoms with van der Waals surface area (Å²) in [5.41, 5.74) is 7.42. The van der Waals surface area contributed by atoms with Crippen LogP contribution in [0.15, 0.2) is 24.4 Å². The smallest absolute Gasteiger partial charge is 0.171 e. The monoisotopic (exact) mass is 338 g/mol. The lowest BCUT2D eigenvalue weighted by Crippen LogP contribution is -2.00. The lowest BCUT2D eigenvalue weighted by atomic mass is 10.3. The Morgan fingerprint density at radius 2 is 2.33 bits per heavy atom. The van der Waals surface area contributed by atoms with Gasteiger partial charge in [-0.25, -0.2) is 9.97 Å². The molecule has 6 nitrogen and oxygen atoms in total. The van der Waals surface area contributed by atoms with E-state index in [1.165, 1.54) is 12.8 Å². The molecule has 3 aromatic heterocycles. The molecule has 0 aromatic carbocycles. The van der Waals surface area contributed by atoms with Crippen LogP contribution in [-0.4, -0.2) is 20.2 Å². The molecule has 122 valence electrons. The Bertz CT molecular complexity index is 921. The summed E-state index contributed by atoms with van der Waals surface area (Å²) < 4.78 is 0. The van der Waals surface area contributed by atoms with E-state index in [0.29, 0.717) is 35.5 Å². The van der Waals surface area contributed by atoms with Crippen molar-refractivity contribution in [2.24, 2.45) is 5.73 Å². The maximum atomic E-state index is 5.67. The number of H-pyrrole nitrogens is 1. The number of hydrogen-bond donors (Lipinski definition) is 3. The van der Waals surface area contributed by atoms with Crippen LogP contribution >= 0.6 is 11.3 Å².